The van der Waals surface area contributed by atoms with Gasteiger partial charge in [0, 0.05) is 28.8 Å². The number of sulfonamides is 1. The Morgan fingerprint density at radius 3 is 2.30 bits per heavy atom. The maximum absolute atomic E-state index is 12.4. The summed E-state index contributed by atoms with van der Waals surface area (Å²) in [5, 5.41) is 2.67. The van der Waals surface area contributed by atoms with Crippen LogP contribution in [0.25, 0.3) is 0 Å². The van der Waals surface area contributed by atoms with Gasteiger partial charge in [0.2, 0.25) is 15.9 Å². The van der Waals surface area contributed by atoms with Gasteiger partial charge in [-0.1, -0.05) is 22.9 Å². The molecule has 10 heteroatoms. The molecule has 3 rings (SSSR count). The number of amides is 3. The first kappa shape index (κ1) is 22.0. The minimum atomic E-state index is -3.38. The Morgan fingerprint density at radius 2 is 1.63 bits per heavy atom. The van der Waals surface area contributed by atoms with E-state index in [0.29, 0.717) is 33.4 Å². The van der Waals surface area contributed by atoms with Crippen LogP contribution in [0.1, 0.15) is 40.5 Å². The maximum atomic E-state index is 12.4. The minimum Gasteiger partial charge on any atom is -0.326 e. The molecule has 2 aromatic rings. The average Bonchev–Trinajstić information content (AvgIpc) is 2.91. The van der Waals surface area contributed by atoms with Crippen LogP contribution in [0, 0.1) is 0 Å². The molecule has 0 radical (unpaired) electrons. The van der Waals surface area contributed by atoms with E-state index in [0.717, 1.165) is 4.90 Å². The molecule has 1 aliphatic rings. The van der Waals surface area contributed by atoms with Gasteiger partial charge in [0.15, 0.2) is 0 Å². The normalized spacial score (nSPS) is 13.3. The van der Waals surface area contributed by atoms with E-state index in [2.05, 4.69) is 26.0 Å². The molecular weight excluding hydrogens is 474 g/mol. The molecule has 2 N–H and O–H groups in total. The summed E-state index contributed by atoms with van der Waals surface area (Å²) in [6.45, 7) is 1.74. The van der Waals surface area contributed by atoms with Crippen molar-refractivity contribution in [3.8, 4) is 0 Å². The van der Waals surface area contributed by atoms with Gasteiger partial charge in [-0.3, -0.25) is 24.0 Å². The summed E-state index contributed by atoms with van der Waals surface area (Å²) >= 11 is 3.28. The third-order valence-corrected chi connectivity index (χ3v) is 6.40. The number of fused-ring (bicyclic) bond motifs is 1. The molecule has 30 heavy (non-hydrogen) atoms. The molecule has 0 saturated heterocycles. The van der Waals surface area contributed by atoms with Gasteiger partial charge in [-0.2, -0.15) is 0 Å². The van der Waals surface area contributed by atoms with Crippen LogP contribution < -0.4 is 10.0 Å². The summed E-state index contributed by atoms with van der Waals surface area (Å²) < 4.78 is 26.7. The van der Waals surface area contributed by atoms with Crippen molar-refractivity contribution in [1.29, 1.82) is 0 Å². The summed E-state index contributed by atoms with van der Waals surface area (Å²) in [7, 11) is -3.38. The molecule has 0 fully saturated rings. The summed E-state index contributed by atoms with van der Waals surface area (Å²) in [5.74, 6) is -1.18. The fourth-order valence-corrected chi connectivity index (χ4v) is 4.52. The topological polar surface area (TPSA) is 113 Å². The van der Waals surface area contributed by atoms with E-state index in [1.807, 2.05) is 0 Å². The van der Waals surface area contributed by atoms with Crippen LogP contribution in [0.15, 0.2) is 46.9 Å². The molecule has 3 amide bonds. The molecule has 1 heterocycles. The second-order valence-electron chi connectivity index (χ2n) is 6.75. The van der Waals surface area contributed by atoms with E-state index in [1.165, 1.54) is 0 Å². The standard InChI is InChI=1S/C20H20BrN3O5S/c1-2-11-30(28,29)23-15-6-4-14(5-7-15)22-18(25)9-10-24-19(26)16-8-3-13(21)12-17(16)20(24)27/h3-8,12,23H,2,9-11H2,1H3,(H,22,25). The third kappa shape index (κ3) is 5.06. The number of halogens is 1. The van der Waals surface area contributed by atoms with Crippen molar-refractivity contribution >= 4 is 55.0 Å². The first-order chi connectivity index (χ1) is 14.2. The number of hydrogen-bond donors (Lipinski definition) is 2. The summed E-state index contributed by atoms with van der Waals surface area (Å²) in [6.07, 6.45) is 0.450. The van der Waals surface area contributed by atoms with Gasteiger partial charge in [0.05, 0.1) is 16.9 Å². The SMILES string of the molecule is CCCS(=O)(=O)Nc1ccc(NC(=O)CCN2C(=O)c3ccc(Br)cc3C2=O)cc1. The van der Waals surface area contributed by atoms with Gasteiger partial charge in [-0.15, -0.1) is 0 Å². The zero-order chi connectivity index (χ0) is 21.9. The zero-order valence-electron chi connectivity index (χ0n) is 16.1. The monoisotopic (exact) mass is 493 g/mol. The average molecular weight is 494 g/mol. The van der Waals surface area contributed by atoms with E-state index in [4.69, 9.17) is 0 Å². The van der Waals surface area contributed by atoms with Gasteiger partial charge >= 0.3 is 0 Å². The second kappa shape index (κ2) is 8.97. The number of hydrogen-bond acceptors (Lipinski definition) is 5. The quantitative estimate of drug-likeness (QED) is 0.548. The van der Waals surface area contributed by atoms with Crippen LogP contribution in [0.4, 0.5) is 11.4 Å². The van der Waals surface area contributed by atoms with Crippen LogP contribution in [-0.4, -0.2) is 43.3 Å². The highest BCUT2D eigenvalue weighted by atomic mass is 79.9. The number of benzene rings is 2. The maximum Gasteiger partial charge on any atom is 0.261 e. The Balaban J connectivity index is 1.55. The molecule has 0 aromatic heterocycles. The molecule has 0 atom stereocenters. The Hall–Kier alpha value is -2.72. The summed E-state index contributed by atoms with van der Waals surface area (Å²) in [6, 6.07) is 11.1. The number of anilines is 2. The summed E-state index contributed by atoms with van der Waals surface area (Å²) in [5.41, 5.74) is 1.52. The first-order valence-electron chi connectivity index (χ1n) is 9.26. The first-order valence-corrected chi connectivity index (χ1v) is 11.7. The van der Waals surface area contributed by atoms with E-state index >= 15 is 0 Å². The van der Waals surface area contributed by atoms with Crippen molar-refractivity contribution < 1.29 is 22.8 Å². The minimum absolute atomic E-state index is 0.0280. The fraction of sp³-hybridized carbons (Fsp3) is 0.250. The molecule has 158 valence electrons. The van der Waals surface area contributed by atoms with Crippen molar-refractivity contribution in [1.82, 2.24) is 4.90 Å². The molecule has 0 spiro atoms. The number of nitrogens with zero attached hydrogens (tertiary/aromatic N) is 1. The highest BCUT2D eigenvalue weighted by molar-refractivity contribution is 9.10. The van der Waals surface area contributed by atoms with Crippen LogP contribution in [0.2, 0.25) is 0 Å². The molecule has 0 unspecified atom stereocenters. The fourth-order valence-electron chi connectivity index (χ4n) is 3.02. The number of carbonyl (C=O) groups excluding carboxylic acids is 3. The van der Waals surface area contributed by atoms with Gasteiger partial charge in [0.25, 0.3) is 11.8 Å². The Labute approximate surface area is 182 Å². The lowest BCUT2D eigenvalue weighted by atomic mass is 10.1. The van der Waals surface area contributed by atoms with Gasteiger partial charge < -0.3 is 5.32 Å². The predicted octanol–water partition coefficient (Wildman–Crippen LogP) is 3.23. The number of carbonyl (C=O) groups is 3. The van der Waals surface area contributed by atoms with Gasteiger partial charge in [0.1, 0.15) is 0 Å². The van der Waals surface area contributed by atoms with E-state index in [9.17, 15) is 22.8 Å². The number of nitrogens with one attached hydrogen (secondary N) is 2. The van der Waals surface area contributed by atoms with Crippen molar-refractivity contribution in [3.05, 3.63) is 58.1 Å². The van der Waals surface area contributed by atoms with E-state index in [-0.39, 0.29) is 24.6 Å². The zero-order valence-corrected chi connectivity index (χ0v) is 18.5. The Morgan fingerprint density at radius 1 is 1.00 bits per heavy atom. The second-order valence-corrected chi connectivity index (χ2v) is 9.51. The Bertz CT molecular complexity index is 1100. The highest BCUT2D eigenvalue weighted by Crippen LogP contribution is 2.26. The van der Waals surface area contributed by atoms with Crippen molar-refractivity contribution in [2.75, 3.05) is 22.3 Å². The van der Waals surface area contributed by atoms with Gasteiger partial charge in [-0.05, 0) is 48.9 Å². The summed E-state index contributed by atoms with van der Waals surface area (Å²) in [4.78, 5) is 38.1. The molecule has 0 saturated carbocycles. The molecule has 1 aliphatic heterocycles. The molecule has 8 nitrogen and oxygen atoms in total. The molecule has 0 aliphatic carbocycles. The predicted molar refractivity (Wildman–Crippen MR) is 117 cm³/mol. The lowest BCUT2D eigenvalue weighted by Gasteiger charge is -2.13. The number of imide groups is 1. The van der Waals surface area contributed by atoms with Crippen molar-refractivity contribution in [2.24, 2.45) is 0 Å². The smallest absolute Gasteiger partial charge is 0.261 e. The van der Waals surface area contributed by atoms with Crippen molar-refractivity contribution in [2.45, 2.75) is 19.8 Å². The molecule has 2 aromatic carbocycles. The van der Waals surface area contributed by atoms with Crippen LogP contribution in [0.5, 0.6) is 0 Å². The number of rotatable bonds is 8. The van der Waals surface area contributed by atoms with Crippen LogP contribution in [0.3, 0.4) is 0 Å². The molecular formula is C20H20BrN3O5S. The lowest BCUT2D eigenvalue weighted by molar-refractivity contribution is -0.116. The van der Waals surface area contributed by atoms with E-state index in [1.54, 1.807) is 49.4 Å². The largest absolute Gasteiger partial charge is 0.326 e. The van der Waals surface area contributed by atoms with E-state index < -0.39 is 21.8 Å². The Kier molecular flexibility index (Phi) is 6.57. The lowest BCUT2D eigenvalue weighted by Crippen LogP contribution is -2.32. The van der Waals surface area contributed by atoms with Crippen molar-refractivity contribution in [3.63, 3.8) is 0 Å². The van der Waals surface area contributed by atoms with Gasteiger partial charge in [-0.25, -0.2) is 8.42 Å². The molecule has 0 bridgehead atoms. The highest BCUT2D eigenvalue weighted by Gasteiger charge is 2.35. The van der Waals surface area contributed by atoms with Crippen LogP contribution >= 0.6 is 15.9 Å². The third-order valence-electron chi connectivity index (χ3n) is 4.41. The van der Waals surface area contributed by atoms with Crippen LogP contribution in [-0.2, 0) is 14.8 Å².